The van der Waals surface area contributed by atoms with Crippen molar-refractivity contribution >= 4 is 44.8 Å². The van der Waals surface area contributed by atoms with Crippen LogP contribution in [0, 0.1) is 0 Å². The molecule has 0 unspecified atom stereocenters. The first-order valence-corrected chi connectivity index (χ1v) is 7.21. The standard InChI is InChI=1S/C14H9Cl2NS/c15-8-10-6-5-9(7-11(10)16)14-17-12-3-1-2-4-13(12)18-14/h1-7H,8H2. The summed E-state index contributed by atoms with van der Waals surface area (Å²) in [5, 5.41) is 1.68. The van der Waals surface area contributed by atoms with Crippen molar-refractivity contribution < 1.29 is 0 Å². The van der Waals surface area contributed by atoms with Gasteiger partial charge in [-0.15, -0.1) is 22.9 Å². The maximum Gasteiger partial charge on any atom is 0.124 e. The first-order valence-electron chi connectivity index (χ1n) is 5.48. The Hall–Kier alpha value is -1.09. The molecule has 0 spiro atoms. The number of rotatable bonds is 2. The van der Waals surface area contributed by atoms with Crippen LogP contribution in [0.1, 0.15) is 5.56 Å². The molecular weight excluding hydrogens is 285 g/mol. The Morgan fingerprint density at radius 3 is 2.67 bits per heavy atom. The van der Waals surface area contributed by atoms with Crippen molar-refractivity contribution in [2.45, 2.75) is 5.88 Å². The third-order valence-corrected chi connectivity index (χ3v) is 4.46. The summed E-state index contributed by atoms with van der Waals surface area (Å²) < 4.78 is 1.19. The third kappa shape index (κ3) is 2.12. The van der Waals surface area contributed by atoms with E-state index in [1.54, 1.807) is 11.3 Å². The van der Waals surface area contributed by atoms with E-state index in [4.69, 9.17) is 23.2 Å². The van der Waals surface area contributed by atoms with Gasteiger partial charge in [-0.3, -0.25) is 0 Å². The smallest absolute Gasteiger partial charge is 0.124 e. The average Bonchev–Trinajstić information content (AvgIpc) is 2.82. The van der Waals surface area contributed by atoms with Crippen LogP contribution in [-0.2, 0) is 5.88 Å². The monoisotopic (exact) mass is 293 g/mol. The fourth-order valence-electron chi connectivity index (χ4n) is 1.78. The molecule has 0 saturated heterocycles. The van der Waals surface area contributed by atoms with Gasteiger partial charge in [-0.05, 0) is 23.8 Å². The molecule has 0 aliphatic carbocycles. The minimum Gasteiger partial charge on any atom is -0.236 e. The Bertz CT molecular complexity index is 673. The molecule has 1 nitrogen and oxygen atoms in total. The summed E-state index contributed by atoms with van der Waals surface area (Å²) in [5.41, 5.74) is 3.01. The van der Waals surface area contributed by atoms with Crippen molar-refractivity contribution in [3.05, 3.63) is 53.1 Å². The highest BCUT2D eigenvalue weighted by atomic mass is 35.5. The Kier molecular flexibility index (Phi) is 3.25. The van der Waals surface area contributed by atoms with Gasteiger partial charge >= 0.3 is 0 Å². The van der Waals surface area contributed by atoms with Gasteiger partial charge in [0, 0.05) is 16.5 Å². The molecule has 0 aliphatic rings. The van der Waals surface area contributed by atoms with Crippen LogP contribution in [0.3, 0.4) is 0 Å². The molecular formula is C14H9Cl2NS. The highest BCUT2D eigenvalue weighted by Gasteiger charge is 2.08. The lowest BCUT2D eigenvalue weighted by atomic mass is 10.1. The fourth-order valence-corrected chi connectivity index (χ4v) is 3.30. The number of fused-ring (bicyclic) bond motifs is 1. The largest absolute Gasteiger partial charge is 0.236 e. The summed E-state index contributed by atoms with van der Waals surface area (Å²) in [7, 11) is 0. The Morgan fingerprint density at radius 1 is 1.11 bits per heavy atom. The van der Waals surface area contributed by atoms with Crippen molar-refractivity contribution in [1.29, 1.82) is 0 Å². The molecule has 3 rings (SSSR count). The molecule has 0 saturated carbocycles. The van der Waals surface area contributed by atoms with Gasteiger partial charge in [0.25, 0.3) is 0 Å². The van der Waals surface area contributed by atoms with Gasteiger partial charge in [0.2, 0.25) is 0 Å². The lowest BCUT2D eigenvalue weighted by Crippen LogP contribution is -1.82. The maximum atomic E-state index is 6.17. The molecule has 0 radical (unpaired) electrons. The van der Waals surface area contributed by atoms with E-state index < -0.39 is 0 Å². The predicted molar refractivity (Wildman–Crippen MR) is 79.6 cm³/mol. The van der Waals surface area contributed by atoms with Gasteiger partial charge < -0.3 is 0 Å². The second-order valence-corrected chi connectivity index (χ2v) is 5.63. The number of thiazole rings is 1. The quantitative estimate of drug-likeness (QED) is 0.580. The van der Waals surface area contributed by atoms with Crippen LogP contribution in [-0.4, -0.2) is 4.98 Å². The van der Waals surface area contributed by atoms with Crippen molar-refractivity contribution in [2.24, 2.45) is 0 Å². The second kappa shape index (κ2) is 4.88. The topological polar surface area (TPSA) is 12.9 Å². The second-order valence-electron chi connectivity index (χ2n) is 3.93. The molecule has 2 aromatic carbocycles. The number of alkyl halides is 1. The van der Waals surface area contributed by atoms with E-state index in [-0.39, 0.29) is 0 Å². The van der Waals surface area contributed by atoms with Crippen LogP contribution in [0.15, 0.2) is 42.5 Å². The van der Waals surface area contributed by atoms with Gasteiger partial charge in [-0.2, -0.15) is 0 Å². The van der Waals surface area contributed by atoms with Crippen LogP contribution < -0.4 is 0 Å². The van der Waals surface area contributed by atoms with Gasteiger partial charge in [-0.1, -0.05) is 35.9 Å². The van der Waals surface area contributed by atoms with Crippen LogP contribution in [0.25, 0.3) is 20.8 Å². The number of para-hydroxylation sites is 1. The zero-order chi connectivity index (χ0) is 12.5. The first kappa shape index (κ1) is 12.0. The number of benzene rings is 2. The van der Waals surface area contributed by atoms with E-state index in [2.05, 4.69) is 11.1 Å². The summed E-state index contributed by atoms with van der Waals surface area (Å²) >= 11 is 13.6. The van der Waals surface area contributed by atoms with E-state index in [0.717, 1.165) is 21.7 Å². The van der Waals surface area contributed by atoms with E-state index in [1.807, 2.05) is 36.4 Å². The van der Waals surface area contributed by atoms with E-state index in [1.165, 1.54) is 4.70 Å². The fraction of sp³-hybridized carbons (Fsp3) is 0.0714. The number of halogens is 2. The van der Waals surface area contributed by atoms with Gasteiger partial charge in [0.05, 0.1) is 10.2 Å². The molecule has 0 atom stereocenters. The normalized spacial score (nSPS) is 11.0. The highest BCUT2D eigenvalue weighted by Crippen LogP contribution is 2.32. The zero-order valence-electron chi connectivity index (χ0n) is 9.36. The maximum absolute atomic E-state index is 6.17. The Balaban J connectivity index is 2.11. The summed E-state index contributed by atoms with van der Waals surface area (Å²) in [4.78, 5) is 4.61. The first-order chi connectivity index (χ1) is 8.78. The van der Waals surface area contributed by atoms with Crippen LogP contribution >= 0.6 is 34.5 Å². The predicted octanol–water partition coefficient (Wildman–Crippen LogP) is 5.36. The van der Waals surface area contributed by atoms with E-state index in [0.29, 0.717) is 10.9 Å². The molecule has 0 amide bonds. The Morgan fingerprint density at radius 2 is 1.94 bits per heavy atom. The molecule has 1 heterocycles. The van der Waals surface area contributed by atoms with Crippen molar-refractivity contribution in [1.82, 2.24) is 4.98 Å². The number of hydrogen-bond donors (Lipinski definition) is 0. The minimum absolute atomic E-state index is 0.430. The summed E-state index contributed by atoms with van der Waals surface area (Å²) in [6.07, 6.45) is 0. The molecule has 3 aromatic rings. The summed E-state index contributed by atoms with van der Waals surface area (Å²) in [6, 6.07) is 14.0. The molecule has 0 bridgehead atoms. The molecule has 0 fully saturated rings. The van der Waals surface area contributed by atoms with Crippen molar-refractivity contribution in [2.75, 3.05) is 0 Å². The number of nitrogens with zero attached hydrogens (tertiary/aromatic N) is 1. The van der Waals surface area contributed by atoms with Crippen molar-refractivity contribution in [3.8, 4) is 10.6 Å². The highest BCUT2D eigenvalue weighted by molar-refractivity contribution is 7.21. The van der Waals surface area contributed by atoms with Gasteiger partial charge in [0.15, 0.2) is 0 Å². The van der Waals surface area contributed by atoms with Crippen molar-refractivity contribution in [3.63, 3.8) is 0 Å². The average molecular weight is 294 g/mol. The number of aromatic nitrogens is 1. The minimum atomic E-state index is 0.430. The molecule has 4 heteroatoms. The van der Waals surface area contributed by atoms with Gasteiger partial charge in [0.1, 0.15) is 5.01 Å². The summed E-state index contributed by atoms with van der Waals surface area (Å²) in [6.45, 7) is 0. The van der Waals surface area contributed by atoms with Gasteiger partial charge in [-0.25, -0.2) is 4.98 Å². The van der Waals surface area contributed by atoms with Crippen LogP contribution in [0.5, 0.6) is 0 Å². The molecule has 18 heavy (non-hydrogen) atoms. The van der Waals surface area contributed by atoms with E-state index in [9.17, 15) is 0 Å². The lowest BCUT2D eigenvalue weighted by molar-refractivity contribution is 1.39. The summed E-state index contributed by atoms with van der Waals surface area (Å²) in [5.74, 6) is 0.430. The van der Waals surface area contributed by atoms with Crippen LogP contribution in [0.4, 0.5) is 0 Å². The zero-order valence-corrected chi connectivity index (χ0v) is 11.7. The Labute approximate surface area is 119 Å². The molecule has 1 aromatic heterocycles. The lowest BCUT2D eigenvalue weighted by Gasteiger charge is -2.01. The third-order valence-electron chi connectivity index (χ3n) is 2.74. The van der Waals surface area contributed by atoms with Crippen LogP contribution in [0.2, 0.25) is 5.02 Å². The molecule has 0 N–H and O–H groups in total. The molecule has 0 aliphatic heterocycles. The number of hydrogen-bond acceptors (Lipinski definition) is 2. The van der Waals surface area contributed by atoms with E-state index >= 15 is 0 Å². The SMILES string of the molecule is ClCc1ccc(-c2nc3ccccc3s2)cc1Cl. The molecule has 90 valence electrons.